The lowest BCUT2D eigenvalue weighted by molar-refractivity contribution is -0.123. The molecular formula is C25H26ClN3O2. The maximum absolute atomic E-state index is 12.9. The fourth-order valence-corrected chi connectivity index (χ4v) is 4.26. The lowest BCUT2D eigenvalue weighted by Crippen LogP contribution is -2.42. The number of nitrogens with one attached hydrogen (secondary N) is 1. The van der Waals surface area contributed by atoms with Crippen molar-refractivity contribution in [2.75, 3.05) is 11.9 Å². The summed E-state index contributed by atoms with van der Waals surface area (Å²) in [5, 5.41) is 3.22. The number of urea groups is 1. The van der Waals surface area contributed by atoms with E-state index in [4.69, 9.17) is 11.6 Å². The number of hydrogen-bond donors (Lipinski definition) is 1. The first kappa shape index (κ1) is 21.2. The number of benzene rings is 2. The number of likely N-dealkylation sites (N-methyl/N-ethyl adjacent to an activating group) is 1. The standard InChI is InChI=1S/C25H26ClN3O2/c1-15-6-8-17(9-7-15)14-29-23(30)21(27-24(29)31)11-18-10-19-16(2)13-25(3,4)28(5)22(19)12-20(18)26/h6-13H,14H2,1-5H3,(H,27,31)/b21-11+. The molecule has 1 N–H and O–H groups in total. The Labute approximate surface area is 188 Å². The zero-order chi connectivity index (χ0) is 22.5. The van der Waals surface area contributed by atoms with Crippen molar-refractivity contribution in [2.45, 2.75) is 39.8 Å². The van der Waals surface area contributed by atoms with Gasteiger partial charge in [0.15, 0.2) is 0 Å². The lowest BCUT2D eigenvalue weighted by Gasteiger charge is -2.40. The molecule has 2 aliphatic heterocycles. The van der Waals surface area contributed by atoms with E-state index in [-0.39, 0.29) is 23.7 Å². The van der Waals surface area contributed by atoms with Gasteiger partial charge in [0.25, 0.3) is 5.91 Å². The number of aryl methyl sites for hydroxylation is 1. The molecule has 3 amide bonds. The minimum Gasteiger partial charge on any atom is -0.365 e. The molecule has 0 aromatic heterocycles. The summed E-state index contributed by atoms with van der Waals surface area (Å²) in [4.78, 5) is 28.7. The first-order valence-corrected chi connectivity index (χ1v) is 10.6. The highest BCUT2D eigenvalue weighted by Crippen LogP contribution is 2.41. The van der Waals surface area contributed by atoms with Crippen molar-refractivity contribution in [3.05, 3.63) is 75.4 Å². The number of hydrogen-bond acceptors (Lipinski definition) is 3. The van der Waals surface area contributed by atoms with E-state index in [0.29, 0.717) is 10.6 Å². The summed E-state index contributed by atoms with van der Waals surface area (Å²) < 4.78 is 0. The largest absolute Gasteiger partial charge is 0.365 e. The van der Waals surface area contributed by atoms with E-state index in [2.05, 4.69) is 37.1 Å². The molecule has 0 saturated carbocycles. The second-order valence-electron chi connectivity index (χ2n) is 8.80. The van der Waals surface area contributed by atoms with Gasteiger partial charge in [-0.3, -0.25) is 9.69 Å². The molecule has 4 rings (SSSR count). The highest BCUT2D eigenvalue weighted by Gasteiger charge is 2.34. The van der Waals surface area contributed by atoms with E-state index in [9.17, 15) is 9.59 Å². The molecule has 0 unspecified atom stereocenters. The normalized spacial score (nSPS) is 18.9. The van der Waals surface area contributed by atoms with Crippen LogP contribution < -0.4 is 10.2 Å². The van der Waals surface area contributed by atoms with Crippen molar-refractivity contribution >= 4 is 40.9 Å². The van der Waals surface area contributed by atoms with Crippen LogP contribution in [0.2, 0.25) is 5.02 Å². The third kappa shape index (κ3) is 3.86. The molecule has 31 heavy (non-hydrogen) atoms. The number of allylic oxidation sites excluding steroid dienone is 1. The SMILES string of the molecule is CC1=CC(C)(C)N(C)c2cc(Cl)c(/C=C3/NC(=O)N(Cc4ccc(C)cc4)C3=O)cc21. The van der Waals surface area contributed by atoms with Crippen LogP contribution in [0.15, 0.2) is 48.2 Å². The molecule has 2 heterocycles. The van der Waals surface area contributed by atoms with Crippen molar-refractivity contribution < 1.29 is 9.59 Å². The fraction of sp³-hybridized carbons (Fsp3) is 0.280. The molecule has 2 aliphatic rings. The number of fused-ring (bicyclic) bond motifs is 1. The average Bonchev–Trinajstić information content (AvgIpc) is 2.96. The van der Waals surface area contributed by atoms with Gasteiger partial charge in [0.1, 0.15) is 5.70 Å². The van der Waals surface area contributed by atoms with Crippen molar-refractivity contribution in [1.82, 2.24) is 10.2 Å². The molecule has 0 radical (unpaired) electrons. The molecule has 2 aromatic rings. The molecule has 2 aromatic carbocycles. The highest BCUT2D eigenvalue weighted by molar-refractivity contribution is 6.32. The number of carbonyl (C=O) groups is 2. The van der Waals surface area contributed by atoms with E-state index in [1.807, 2.05) is 50.4 Å². The van der Waals surface area contributed by atoms with Crippen LogP contribution in [0.4, 0.5) is 10.5 Å². The Kier molecular flexibility index (Phi) is 5.18. The zero-order valence-corrected chi connectivity index (χ0v) is 19.2. The van der Waals surface area contributed by atoms with Gasteiger partial charge in [0, 0.05) is 23.3 Å². The van der Waals surface area contributed by atoms with Gasteiger partial charge in [-0.15, -0.1) is 0 Å². The summed E-state index contributed by atoms with van der Waals surface area (Å²) in [7, 11) is 2.04. The molecule has 0 spiro atoms. The van der Waals surface area contributed by atoms with Gasteiger partial charge in [-0.05, 0) is 62.6 Å². The Morgan fingerprint density at radius 3 is 2.45 bits per heavy atom. The van der Waals surface area contributed by atoms with Crippen molar-refractivity contribution in [3.63, 3.8) is 0 Å². The third-order valence-electron chi connectivity index (χ3n) is 6.06. The van der Waals surface area contributed by atoms with Crippen LogP contribution in [0.25, 0.3) is 11.6 Å². The molecule has 0 atom stereocenters. The van der Waals surface area contributed by atoms with E-state index in [0.717, 1.165) is 28.0 Å². The quantitative estimate of drug-likeness (QED) is 0.520. The van der Waals surface area contributed by atoms with E-state index >= 15 is 0 Å². The molecule has 5 nitrogen and oxygen atoms in total. The van der Waals surface area contributed by atoms with E-state index < -0.39 is 6.03 Å². The van der Waals surface area contributed by atoms with Crippen LogP contribution in [-0.4, -0.2) is 29.4 Å². The molecule has 0 aliphatic carbocycles. The number of halogens is 1. The molecular weight excluding hydrogens is 410 g/mol. The topological polar surface area (TPSA) is 52.7 Å². The second kappa shape index (κ2) is 7.57. The Hall–Kier alpha value is -3.05. The minimum absolute atomic E-state index is 0.119. The summed E-state index contributed by atoms with van der Waals surface area (Å²) in [5.74, 6) is -0.357. The molecule has 0 bridgehead atoms. The number of anilines is 1. The smallest absolute Gasteiger partial charge is 0.329 e. The van der Waals surface area contributed by atoms with Gasteiger partial charge >= 0.3 is 6.03 Å². The average molecular weight is 436 g/mol. The van der Waals surface area contributed by atoms with Gasteiger partial charge in [-0.2, -0.15) is 0 Å². The van der Waals surface area contributed by atoms with Crippen LogP contribution in [0.3, 0.4) is 0 Å². The summed E-state index contributed by atoms with van der Waals surface area (Å²) in [6.45, 7) is 8.60. The number of rotatable bonds is 3. The van der Waals surface area contributed by atoms with Crippen molar-refractivity contribution in [1.29, 1.82) is 0 Å². The summed E-state index contributed by atoms with van der Waals surface area (Å²) >= 11 is 6.58. The van der Waals surface area contributed by atoms with Gasteiger partial charge < -0.3 is 10.2 Å². The molecule has 1 saturated heterocycles. The maximum atomic E-state index is 12.9. The van der Waals surface area contributed by atoms with Gasteiger partial charge in [-0.25, -0.2) is 4.79 Å². The molecule has 160 valence electrons. The molecule has 6 heteroatoms. The zero-order valence-electron chi connectivity index (χ0n) is 18.4. The van der Waals surface area contributed by atoms with Crippen LogP contribution in [-0.2, 0) is 11.3 Å². The predicted molar refractivity (Wildman–Crippen MR) is 126 cm³/mol. The lowest BCUT2D eigenvalue weighted by atomic mass is 9.88. The first-order valence-electron chi connectivity index (χ1n) is 10.2. The van der Waals surface area contributed by atoms with Gasteiger partial charge in [-0.1, -0.05) is 47.5 Å². The first-order chi connectivity index (χ1) is 14.6. The van der Waals surface area contributed by atoms with E-state index in [1.54, 1.807) is 6.08 Å². The minimum atomic E-state index is -0.427. The summed E-state index contributed by atoms with van der Waals surface area (Å²) in [6.07, 6.45) is 3.87. The monoisotopic (exact) mass is 435 g/mol. The fourth-order valence-electron chi connectivity index (χ4n) is 4.05. The Morgan fingerprint density at radius 1 is 1.10 bits per heavy atom. The third-order valence-corrected chi connectivity index (χ3v) is 6.39. The van der Waals surface area contributed by atoms with E-state index in [1.165, 1.54) is 4.90 Å². The number of carbonyl (C=O) groups excluding carboxylic acids is 2. The summed E-state index contributed by atoms with van der Waals surface area (Å²) in [6, 6.07) is 11.2. The van der Waals surface area contributed by atoms with Crippen LogP contribution in [0.1, 0.15) is 43.0 Å². The number of imide groups is 1. The van der Waals surface area contributed by atoms with Crippen molar-refractivity contribution in [2.24, 2.45) is 0 Å². The number of nitrogens with zero attached hydrogens (tertiary/aromatic N) is 2. The highest BCUT2D eigenvalue weighted by atomic mass is 35.5. The Bertz CT molecular complexity index is 1150. The van der Waals surface area contributed by atoms with Gasteiger partial charge in [0.05, 0.1) is 12.1 Å². The van der Waals surface area contributed by atoms with Crippen LogP contribution in [0, 0.1) is 6.92 Å². The Balaban J connectivity index is 1.65. The summed E-state index contributed by atoms with van der Waals surface area (Å²) in [5.41, 5.74) is 6.08. The second-order valence-corrected chi connectivity index (χ2v) is 9.20. The van der Waals surface area contributed by atoms with Crippen molar-refractivity contribution in [3.8, 4) is 0 Å². The molecule has 1 fully saturated rings. The van der Waals surface area contributed by atoms with Crippen LogP contribution >= 0.6 is 11.6 Å². The van der Waals surface area contributed by atoms with Gasteiger partial charge in [0.2, 0.25) is 0 Å². The number of amides is 3. The van der Waals surface area contributed by atoms with Crippen LogP contribution in [0.5, 0.6) is 0 Å². The Morgan fingerprint density at radius 2 is 1.77 bits per heavy atom. The maximum Gasteiger partial charge on any atom is 0.329 e. The predicted octanol–water partition coefficient (Wildman–Crippen LogP) is 5.37.